The molecule has 2 aromatic rings. The molecule has 0 fully saturated rings. The monoisotopic (exact) mass is 253 g/mol. The number of rotatable bonds is 5. The molecule has 0 aliphatic rings. The number of hydrogen-bond acceptors (Lipinski definition) is 2. The number of benzene rings is 2. The predicted octanol–water partition coefficient (Wildman–Crippen LogP) is 4.10. The molecule has 0 spiro atoms. The molecular weight excluding hydrogens is 234 g/mol. The van der Waals surface area contributed by atoms with Crippen LogP contribution in [0.25, 0.3) is 6.08 Å². The largest absolute Gasteiger partial charge is 0.457 e. The second-order valence-electron chi connectivity index (χ2n) is 4.51. The van der Waals surface area contributed by atoms with Crippen molar-refractivity contribution in [2.24, 2.45) is 0 Å². The molecule has 1 N–H and O–H groups in total. The third-order valence-corrected chi connectivity index (χ3v) is 2.71. The van der Waals surface area contributed by atoms with Crippen molar-refractivity contribution >= 4 is 6.08 Å². The Morgan fingerprint density at radius 1 is 1.05 bits per heavy atom. The van der Waals surface area contributed by atoms with Gasteiger partial charge < -0.3 is 10.1 Å². The van der Waals surface area contributed by atoms with E-state index in [0.717, 1.165) is 23.6 Å². The van der Waals surface area contributed by atoms with E-state index >= 15 is 0 Å². The summed E-state index contributed by atoms with van der Waals surface area (Å²) in [6.45, 7) is 3.00. The molecule has 0 heterocycles. The maximum Gasteiger partial charge on any atom is 0.128 e. The van der Waals surface area contributed by atoms with E-state index in [2.05, 4.69) is 24.4 Å². The molecule has 0 aromatic heterocycles. The SMILES string of the molecule is CNCC(C)=Cc1cccc(Oc2ccccc2)c1. The van der Waals surface area contributed by atoms with Crippen molar-refractivity contribution in [1.82, 2.24) is 5.32 Å². The highest BCUT2D eigenvalue weighted by Gasteiger charge is 1.97. The second kappa shape index (κ2) is 6.76. The Morgan fingerprint density at radius 3 is 2.53 bits per heavy atom. The molecule has 0 aliphatic carbocycles. The third kappa shape index (κ3) is 4.27. The van der Waals surface area contributed by atoms with E-state index < -0.39 is 0 Å². The summed E-state index contributed by atoms with van der Waals surface area (Å²) in [6.07, 6.45) is 2.16. The molecule has 2 heteroatoms. The summed E-state index contributed by atoms with van der Waals surface area (Å²) in [6, 6.07) is 17.9. The zero-order valence-electron chi connectivity index (χ0n) is 11.4. The van der Waals surface area contributed by atoms with Gasteiger partial charge in [0.25, 0.3) is 0 Å². The Kier molecular flexibility index (Phi) is 4.76. The first kappa shape index (κ1) is 13.4. The number of hydrogen-bond donors (Lipinski definition) is 1. The first-order valence-electron chi connectivity index (χ1n) is 6.42. The summed E-state index contributed by atoms with van der Waals surface area (Å²) in [4.78, 5) is 0. The summed E-state index contributed by atoms with van der Waals surface area (Å²) in [5, 5.41) is 3.14. The van der Waals surface area contributed by atoms with Crippen molar-refractivity contribution in [2.75, 3.05) is 13.6 Å². The van der Waals surface area contributed by atoms with Crippen LogP contribution in [0, 0.1) is 0 Å². The van der Waals surface area contributed by atoms with Gasteiger partial charge >= 0.3 is 0 Å². The van der Waals surface area contributed by atoms with Crippen molar-refractivity contribution < 1.29 is 4.74 Å². The molecule has 2 aromatic carbocycles. The Labute approximate surface area is 114 Å². The van der Waals surface area contributed by atoms with Crippen LogP contribution in [0.3, 0.4) is 0 Å². The van der Waals surface area contributed by atoms with E-state index in [0.29, 0.717) is 0 Å². The smallest absolute Gasteiger partial charge is 0.128 e. The lowest BCUT2D eigenvalue weighted by atomic mass is 10.1. The van der Waals surface area contributed by atoms with Crippen molar-refractivity contribution in [1.29, 1.82) is 0 Å². The predicted molar refractivity (Wildman–Crippen MR) is 80.5 cm³/mol. The van der Waals surface area contributed by atoms with Gasteiger partial charge in [-0.05, 0) is 43.8 Å². The van der Waals surface area contributed by atoms with Crippen LogP contribution >= 0.6 is 0 Å². The normalized spacial score (nSPS) is 11.4. The maximum absolute atomic E-state index is 5.82. The van der Waals surface area contributed by atoms with Gasteiger partial charge in [0, 0.05) is 6.54 Å². The molecule has 0 saturated carbocycles. The standard InChI is InChI=1S/C17H19NO/c1-14(13-18-2)11-15-7-6-10-17(12-15)19-16-8-4-3-5-9-16/h3-12,18H,13H2,1-2H3. The molecule has 0 aliphatic heterocycles. The fraction of sp³-hybridized carbons (Fsp3) is 0.176. The van der Waals surface area contributed by atoms with E-state index in [-0.39, 0.29) is 0 Å². The minimum absolute atomic E-state index is 0.857. The molecule has 0 unspecified atom stereocenters. The van der Waals surface area contributed by atoms with Gasteiger partial charge in [-0.2, -0.15) is 0 Å². The molecule has 2 rings (SSSR count). The molecule has 19 heavy (non-hydrogen) atoms. The summed E-state index contributed by atoms with van der Waals surface area (Å²) >= 11 is 0. The average molecular weight is 253 g/mol. The van der Waals surface area contributed by atoms with E-state index in [1.165, 1.54) is 5.57 Å². The Balaban J connectivity index is 2.13. The highest BCUT2D eigenvalue weighted by Crippen LogP contribution is 2.22. The van der Waals surface area contributed by atoms with Crippen molar-refractivity contribution in [3.8, 4) is 11.5 Å². The van der Waals surface area contributed by atoms with Crippen LogP contribution in [-0.4, -0.2) is 13.6 Å². The van der Waals surface area contributed by atoms with Crippen LogP contribution in [0.1, 0.15) is 12.5 Å². The fourth-order valence-electron chi connectivity index (χ4n) is 1.91. The van der Waals surface area contributed by atoms with Crippen LogP contribution in [0.5, 0.6) is 11.5 Å². The third-order valence-electron chi connectivity index (χ3n) is 2.71. The lowest BCUT2D eigenvalue weighted by molar-refractivity contribution is 0.482. The lowest BCUT2D eigenvalue weighted by Crippen LogP contribution is -2.08. The summed E-state index contributed by atoms with van der Waals surface area (Å²) in [7, 11) is 1.95. The number of nitrogens with one attached hydrogen (secondary N) is 1. The van der Waals surface area contributed by atoms with Gasteiger partial charge in [0.15, 0.2) is 0 Å². The quantitative estimate of drug-likeness (QED) is 0.866. The number of ether oxygens (including phenoxy) is 1. The van der Waals surface area contributed by atoms with Crippen LogP contribution in [0.4, 0.5) is 0 Å². The van der Waals surface area contributed by atoms with Gasteiger partial charge in [-0.15, -0.1) is 0 Å². The number of likely N-dealkylation sites (N-methyl/N-ethyl adjacent to an activating group) is 1. The van der Waals surface area contributed by atoms with Crippen molar-refractivity contribution in [2.45, 2.75) is 6.92 Å². The van der Waals surface area contributed by atoms with Gasteiger partial charge in [-0.25, -0.2) is 0 Å². The van der Waals surface area contributed by atoms with Gasteiger partial charge in [0.1, 0.15) is 11.5 Å². The van der Waals surface area contributed by atoms with Gasteiger partial charge in [-0.1, -0.05) is 42.0 Å². The fourth-order valence-corrected chi connectivity index (χ4v) is 1.91. The van der Waals surface area contributed by atoms with Gasteiger partial charge in [0.2, 0.25) is 0 Å². The summed E-state index contributed by atoms with van der Waals surface area (Å²) < 4.78 is 5.82. The first-order valence-corrected chi connectivity index (χ1v) is 6.42. The highest BCUT2D eigenvalue weighted by molar-refractivity contribution is 5.55. The molecule has 0 saturated heterocycles. The Morgan fingerprint density at radius 2 is 1.79 bits per heavy atom. The average Bonchev–Trinajstić information content (AvgIpc) is 2.40. The molecule has 2 nitrogen and oxygen atoms in total. The van der Waals surface area contributed by atoms with Crippen LogP contribution in [0.15, 0.2) is 60.2 Å². The van der Waals surface area contributed by atoms with E-state index in [4.69, 9.17) is 4.74 Å². The summed E-state index contributed by atoms with van der Waals surface area (Å²) in [5.41, 5.74) is 2.44. The second-order valence-corrected chi connectivity index (χ2v) is 4.51. The van der Waals surface area contributed by atoms with E-state index in [9.17, 15) is 0 Å². The Bertz CT molecular complexity index is 546. The van der Waals surface area contributed by atoms with E-state index in [1.807, 2.05) is 55.6 Å². The van der Waals surface area contributed by atoms with Crippen molar-refractivity contribution in [3.05, 3.63) is 65.7 Å². The molecule has 0 amide bonds. The molecule has 0 radical (unpaired) electrons. The minimum atomic E-state index is 0.857. The van der Waals surface area contributed by atoms with Gasteiger partial charge in [0.05, 0.1) is 0 Å². The maximum atomic E-state index is 5.82. The first-order chi connectivity index (χ1) is 9.28. The molecule has 98 valence electrons. The van der Waals surface area contributed by atoms with Crippen LogP contribution in [0.2, 0.25) is 0 Å². The molecule has 0 bridgehead atoms. The van der Waals surface area contributed by atoms with E-state index in [1.54, 1.807) is 0 Å². The zero-order valence-corrected chi connectivity index (χ0v) is 11.4. The van der Waals surface area contributed by atoms with Crippen molar-refractivity contribution in [3.63, 3.8) is 0 Å². The minimum Gasteiger partial charge on any atom is -0.457 e. The van der Waals surface area contributed by atoms with Gasteiger partial charge in [-0.3, -0.25) is 0 Å². The number of para-hydroxylation sites is 1. The lowest BCUT2D eigenvalue weighted by Gasteiger charge is -2.06. The van der Waals surface area contributed by atoms with Crippen LogP contribution in [-0.2, 0) is 0 Å². The molecular formula is C17H19NO. The Hall–Kier alpha value is -2.06. The highest BCUT2D eigenvalue weighted by atomic mass is 16.5. The zero-order chi connectivity index (χ0) is 13.5. The van der Waals surface area contributed by atoms with Crippen LogP contribution < -0.4 is 10.1 Å². The molecule has 0 atom stereocenters. The summed E-state index contributed by atoms with van der Waals surface area (Å²) in [5.74, 6) is 1.72. The topological polar surface area (TPSA) is 21.3 Å².